The SMILES string of the molecule is COc1[c]ncc(OC)c1I. The number of rotatable bonds is 2. The van der Waals surface area contributed by atoms with Gasteiger partial charge in [0, 0.05) is 0 Å². The minimum Gasteiger partial charge on any atom is -0.494 e. The van der Waals surface area contributed by atoms with Gasteiger partial charge in [-0.3, -0.25) is 0 Å². The lowest BCUT2D eigenvalue weighted by Gasteiger charge is -2.05. The predicted octanol–water partition coefficient (Wildman–Crippen LogP) is 1.50. The number of pyridine rings is 1. The molecule has 0 aromatic carbocycles. The minimum absolute atomic E-state index is 0.616. The monoisotopic (exact) mass is 264 g/mol. The maximum absolute atomic E-state index is 5.02. The van der Waals surface area contributed by atoms with E-state index in [0.717, 1.165) is 3.57 Å². The van der Waals surface area contributed by atoms with Crippen LogP contribution in [0.1, 0.15) is 0 Å². The minimum atomic E-state index is 0.616. The van der Waals surface area contributed by atoms with E-state index < -0.39 is 0 Å². The van der Waals surface area contributed by atoms with Crippen LogP contribution < -0.4 is 9.47 Å². The Labute approximate surface area is 78.9 Å². The third-order valence-corrected chi connectivity index (χ3v) is 2.21. The molecule has 1 aromatic rings. The molecule has 1 rings (SSSR count). The Morgan fingerprint density at radius 3 is 2.73 bits per heavy atom. The molecule has 11 heavy (non-hydrogen) atoms. The molecule has 0 bridgehead atoms. The van der Waals surface area contributed by atoms with E-state index in [1.807, 2.05) is 0 Å². The highest BCUT2D eigenvalue weighted by atomic mass is 127. The van der Waals surface area contributed by atoms with Gasteiger partial charge in [-0.15, -0.1) is 0 Å². The lowest BCUT2D eigenvalue weighted by atomic mass is 10.4. The van der Waals surface area contributed by atoms with Gasteiger partial charge in [-0.2, -0.15) is 0 Å². The summed E-state index contributed by atoms with van der Waals surface area (Å²) in [4.78, 5) is 3.81. The van der Waals surface area contributed by atoms with Gasteiger partial charge in [0.1, 0.15) is 9.77 Å². The Morgan fingerprint density at radius 2 is 2.18 bits per heavy atom. The summed E-state index contributed by atoms with van der Waals surface area (Å²) in [6, 6.07) is 0. The first-order valence-electron chi connectivity index (χ1n) is 2.93. The first kappa shape index (κ1) is 8.58. The summed E-state index contributed by atoms with van der Waals surface area (Å²) in [5, 5.41) is 0. The van der Waals surface area contributed by atoms with Crippen molar-refractivity contribution in [3.63, 3.8) is 0 Å². The summed E-state index contributed by atoms with van der Waals surface area (Å²) >= 11 is 2.12. The number of hydrogen-bond donors (Lipinski definition) is 0. The summed E-state index contributed by atoms with van der Waals surface area (Å²) in [7, 11) is 3.17. The Hall–Kier alpha value is -0.520. The Kier molecular flexibility index (Phi) is 2.92. The average Bonchev–Trinajstić information content (AvgIpc) is 2.05. The van der Waals surface area contributed by atoms with Gasteiger partial charge in [-0.1, -0.05) is 0 Å². The quantitative estimate of drug-likeness (QED) is 0.758. The molecule has 3 nitrogen and oxygen atoms in total. The van der Waals surface area contributed by atoms with E-state index in [0.29, 0.717) is 11.5 Å². The fourth-order valence-electron chi connectivity index (χ4n) is 0.645. The third kappa shape index (κ3) is 1.74. The Bertz CT molecular complexity index is 230. The largest absolute Gasteiger partial charge is 0.494 e. The van der Waals surface area contributed by atoms with Crippen molar-refractivity contribution in [2.45, 2.75) is 0 Å². The highest BCUT2D eigenvalue weighted by Gasteiger charge is 2.05. The summed E-state index contributed by atoms with van der Waals surface area (Å²) < 4.78 is 10.9. The van der Waals surface area contributed by atoms with E-state index in [4.69, 9.17) is 9.47 Å². The van der Waals surface area contributed by atoms with Crippen molar-refractivity contribution in [2.24, 2.45) is 0 Å². The van der Waals surface area contributed by atoms with Gasteiger partial charge < -0.3 is 9.47 Å². The molecular formula is C7H7INO2. The number of ether oxygens (including phenoxy) is 2. The van der Waals surface area contributed by atoms with Crippen LogP contribution in [-0.4, -0.2) is 19.2 Å². The van der Waals surface area contributed by atoms with Gasteiger partial charge >= 0.3 is 0 Å². The van der Waals surface area contributed by atoms with Crippen molar-refractivity contribution >= 4 is 22.6 Å². The number of aromatic nitrogens is 1. The summed E-state index contributed by atoms with van der Waals surface area (Å²) in [5.41, 5.74) is 0. The molecular weight excluding hydrogens is 257 g/mol. The van der Waals surface area contributed by atoms with Crippen LogP contribution in [-0.2, 0) is 0 Å². The number of methoxy groups -OCH3 is 2. The van der Waals surface area contributed by atoms with Crippen LogP contribution in [0.2, 0.25) is 0 Å². The van der Waals surface area contributed by atoms with Crippen molar-refractivity contribution in [2.75, 3.05) is 14.2 Å². The molecule has 0 N–H and O–H groups in total. The second kappa shape index (κ2) is 3.75. The maximum atomic E-state index is 5.02. The summed E-state index contributed by atoms with van der Waals surface area (Å²) in [5.74, 6) is 1.33. The predicted molar refractivity (Wildman–Crippen MR) is 48.9 cm³/mol. The van der Waals surface area contributed by atoms with Crippen LogP contribution in [0.4, 0.5) is 0 Å². The fourth-order valence-corrected chi connectivity index (χ4v) is 1.35. The second-order valence-electron chi connectivity index (χ2n) is 1.79. The zero-order valence-electron chi connectivity index (χ0n) is 6.22. The van der Waals surface area contributed by atoms with Gasteiger partial charge in [-0.25, -0.2) is 4.98 Å². The van der Waals surface area contributed by atoms with Crippen molar-refractivity contribution in [1.29, 1.82) is 0 Å². The molecule has 59 valence electrons. The molecule has 1 heterocycles. The van der Waals surface area contributed by atoms with Crippen LogP contribution in [0, 0.1) is 9.77 Å². The number of hydrogen-bond acceptors (Lipinski definition) is 3. The molecule has 0 aliphatic carbocycles. The molecule has 0 fully saturated rings. The van der Waals surface area contributed by atoms with E-state index in [1.165, 1.54) is 0 Å². The van der Waals surface area contributed by atoms with Crippen molar-refractivity contribution in [1.82, 2.24) is 4.98 Å². The normalized spacial score (nSPS) is 9.36. The van der Waals surface area contributed by atoms with Crippen molar-refractivity contribution in [3.05, 3.63) is 16.0 Å². The maximum Gasteiger partial charge on any atom is 0.163 e. The highest BCUT2D eigenvalue weighted by Crippen LogP contribution is 2.27. The smallest absolute Gasteiger partial charge is 0.163 e. The highest BCUT2D eigenvalue weighted by molar-refractivity contribution is 14.1. The summed E-state index contributed by atoms with van der Waals surface area (Å²) in [6.45, 7) is 0. The van der Waals surface area contributed by atoms with Crippen molar-refractivity contribution in [3.8, 4) is 11.5 Å². The molecule has 0 unspecified atom stereocenters. The molecule has 0 atom stereocenters. The average molecular weight is 264 g/mol. The van der Waals surface area contributed by atoms with E-state index in [2.05, 4.69) is 33.8 Å². The zero-order chi connectivity index (χ0) is 8.27. The Morgan fingerprint density at radius 1 is 1.45 bits per heavy atom. The topological polar surface area (TPSA) is 31.4 Å². The molecule has 0 saturated carbocycles. The lowest BCUT2D eigenvalue weighted by molar-refractivity contribution is 0.384. The first-order chi connectivity index (χ1) is 5.29. The lowest BCUT2D eigenvalue weighted by Crippen LogP contribution is -1.93. The zero-order valence-corrected chi connectivity index (χ0v) is 8.38. The molecule has 0 amide bonds. The van der Waals surface area contributed by atoms with E-state index in [9.17, 15) is 0 Å². The van der Waals surface area contributed by atoms with E-state index in [-0.39, 0.29) is 0 Å². The standard InChI is InChI=1S/C7H7INO2/c1-10-5-3-9-4-6(11-2)7(5)8/h3H,1-2H3. The molecule has 4 heteroatoms. The molecule has 0 aliphatic rings. The second-order valence-corrected chi connectivity index (χ2v) is 2.86. The van der Waals surface area contributed by atoms with Gasteiger partial charge in [0.25, 0.3) is 0 Å². The fraction of sp³-hybridized carbons (Fsp3) is 0.286. The van der Waals surface area contributed by atoms with Gasteiger partial charge in [0.2, 0.25) is 0 Å². The molecule has 1 radical (unpaired) electrons. The molecule has 1 aromatic heterocycles. The van der Waals surface area contributed by atoms with Crippen LogP contribution in [0.5, 0.6) is 11.5 Å². The van der Waals surface area contributed by atoms with Crippen LogP contribution in [0.15, 0.2) is 6.20 Å². The summed E-state index contributed by atoms with van der Waals surface area (Å²) in [6.07, 6.45) is 4.30. The van der Waals surface area contributed by atoms with Crippen LogP contribution in [0.3, 0.4) is 0 Å². The van der Waals surface area contributed by atoms with Gasteiger partial charge in [0.05, 0.1) is 20.4 Å². The van der Waals surface area contributed by atoms with E-state index in [1.54, 1.807) is 20.4 Å². The molecule has 0 spiro atoms. The van der Waals surface area contributed by atoms with Crippen molar-refractivity contribution < 1.29 is 9.47 Å². The van der Waals surface area contributed by atoms with Gasteiger partial charge in [-0.05, 0) is 22.6 Å². The number of nitrogens with zero attached hydrogens (tertiary/aromatic N) is 1. The first-order valence-corrected chi connectivity index (χ1v) is 4.01. The molecule has 0 aliphatic heterocycles. The number of halogens is 1. The Balaban J connectivity index is 3.10. The van der Waals surface area contributed by atoms with E-state index >= 15 is 0 Å². The van der Waals surface area contributed by atoms with Gasteiger partial charge in [0.15, 0.2) is 11.5 Å². The molecule has 0 saturated heterocycles. The third-order valence-electron chi connectivity index (χ3n) is 1.19. The van der Waals surface area contributed by atoms with Crippen LogP contribution in [0.25, 0.3) is 0 Å². The van der Waals surface area contributed by atoms with Crippen LogP contribution >= 0.6 is 22.6 Å².